The fourth-order valence-corrected chi connectivity index (χ4v) is 2.99. The summed E-state index contributed by atoms with van der Waals surface area (Å²) < 4.78 is 58.9. The Balaban J connectivity index is 2.26. The third-order valence-electron chi connectivity index (χ3n) is 3.29. The van der Waals surface area contributed by atoms with Gasteiger partial charge in [0.15, 0.2) is 0 Å². The number of alkyl halides is 3. The number of benzene rings is 1. The summed E-state index contributed by atoms with van der Waals surface area (Å²) in [7, 11) is -1.27. The molecule has 3 nitrogen and oxygen atoms in total. The van der Waals surface area contributed by atoms with Crippen LogP contribution < -0.4 is 0 Å². The fraction of sp³-hybridized carbons (Fsp3) is 0.500. The second-order valence-electron chi connectivity index (χ2n) is 6.48. The summed E-state index contributed by atoms with van der Waals surface area (Å²) >= 11 is 5.91. The van der Waals surface area contributed by atoms with E-state index >= 15 is 0 Å². The van der Waals surface area contributed by atoms with E-state index in [1.54, 1.807) is 0 Å². The van der Waals surface area contributed by atoms with E-state index in [0.29, 0.717) is 12.7 Å². The van der Waals surface area contributed by atoms with Crippen molar-refractivity contribution in [1.82, 2.24) is 9.55 Å². The molecule has 2 rings (SSSR count). The second-order valence-corrected chi connectivity index (χ2v) is 12.4. The molecular weight excluding hydrogens is 352 g/mol. The van der Waals surface area contributed by atoms with Gasteiger partial charge in [0.25, 0.3) is 0 Å². The minimum atomic E-state index is -4.64. The van der Waals surface area contributed by atoms with Gasteiger partial charge in [0.2, 0.25) is 5.28 Å². The highest BCUT2D eigenvalue weighted by molar-refractivity contribution is 6.76. The third-order valence-corrected chi connectivity index (χ3v) is 5.29. The summed E-state index contributed by atoms with van der Waals surface area (Å²) in [4.78, 5) is 3.79. The van der Waals surface area contributed by atoms with Crippen molar-refractivity contribution in [3.05, 3.63) is 28.8 Å². The van der Waals surface area contributed by atoms with Crippen molar-refractivity contribution >= 4 is 30.7 Å². The van der Waals surface area contributed by atoms with E-state index in [1.165, 1.54) is 4.57 Å². The van der Waals surface area contributed by atoms with E-state index < -0.39 is 25.6 Å². The van der Waals surface area contributed by atoms with Gasteiger partial charge in [-0.3, -0.25) is 4.57 Å². The van der Waals surface area contributed by atoms with Crippen LogP contribution in [0.1, 0.15) is 5.56 Å². The molecule has 23 heavy (non-hydrogen) atoms. The van der Waals surface area contributed by atoms with Crippen LogP contribution in [-0.4, -0.2) is 24.2 Å². The van der Waals surface area contributed by atoms with Crippen LogP contribution in [0.3, 0.4) is 0 Å². The van der Waals surface area contributed by atoms with Crippen molar-refractivity contribution in [3.63, 3.8) is 0 Å². The van der Waals surface area contributed by atoms with Crippen LogP contribution in [0.25, 0.3) is 11.0 Å². The molecule has 1 aromatic carbocycles. The molecule has 0 spiro atoms. The molecule has 0 saturated carbocycles. The molecule has 0 atom stereocenters. The molecule has 0 aliphatic heterocycles. The average molecular weight is 369 g/mol. The second kappa shape index (κ2) is 6.41. The Morgan fingerprint density at radius 3 is 2.48 bits per heavy atom. The highest BCUT2D eigenvalue weighted by atomic mass is 35.5. The first kappa shape index (κ1) is 18.2. The minimum Gasteiger partial charge on any atom is -0.361 e. The topological polar surface area (TPSA) is 27.1 Å². The highest BCUT2D eigenvalue weighted by Gasteiger charge is 2.32. The van der Waals surface area contributed by atoms with Gasteiger partial charge in [-0.2, -0.15) is 13.2 Å². The van der Waals surface area contributed by atoms with Gasteiger partial charge in [-0.25, -0.2) is 9.37 Å². The Kier molecular flexibility index (Phi) is 5.08. The van der Waals surface area contributed by atoms with Crippen molar-refractivity contribution in [2.45, 2.75) is 38.6 Å². The first-order valence-electron chi connectivity index (χ1n) is 6.99. The van der Waals surface area contributed by atoms with Gasteiger partial charge in [0.05, 0.1) is 11.1 Å². The van der Waals surface area contributed by atoms with Crippen LogP contribution >= 0.6 is 11.6 Å². The zero-order valence-electron chi connectivity index (χ0n) is 13.0. The Morgan fingerprint density at radius 2 is 1.91 bits per heavy atom. The number of fused-ring (bicyclic) bond motifs is 1. The zero-order valence-corrected chi connectivity index (χ0v) is 14.7. The van der Waals surface area contributed by atoms with Crippen molar-refractivity contribution in [2.24, 2.45) is 0 Å². The SMILES string of the molecule is C[Si](C)(C)CCOCn1c(Cl)nc2cc(C(F)(F)F)cc(F)c21. The van der Waals surface area contributed by atoms with Crippen LogP contribution in [-0.2, 0) is 17.6 Å². The van der Waals surface area contributed by atoms with Gasteiger partial charge >= 0.3 is 6.18 Å². The first-order valence-corrected chi connectivity index (χ1v) is 11.1. The highest BCUT2D eigenvalue weighted by Crippen LogP contribution is 2.33. The van der Waals surface area contributed by atoms with Crippen LogP contribution in [0.15, 0.2) is 12.1 Å². The van der Waals surface area contributed by atoms with E-state index in [-0.39, 0.29) is 23.0 Å². The van der Waals surface area contributed by atoms with Crippen molar-refractivity contribution in [3.8, 4) is 0 Å². The molecule has 9 heteroatoms. The summed E-state index contributed by atoms with van der Waals surface area (Å²) in [6.07, 6.45) is -4.64. The number of ether oxygens (including phenoxy) is 1. The lowest BCUT2D eigenvalue weighted by Crippen LogP contribution is -2.22. The van der Waals surface area contributed by atoms with E-state index in [0.717, 1.165) is 12.1 Å². The number of hydrogen-bond acceptors (Lipinski definition) is 2. The minimum absolute atomic E-state index is 0.0535. The average Bonchev–Trinajstić information content (AvgIpc) is 2.69. The summed E-state index contributed by atoms with van der Waals surface area (Å²) in [5.74, 6) is -1.02. The van der Waals surface area contributed by atoms with Crippen molar-refractivity contribution in [2.75, 3.05) is 6.61 Å². The summed E-state index contributed by atoms with van der Waals surface area (Å²) in [5.41, 5.74) is -1.32. The Morgan fingerprint density at radius 1 is 1.26 bits per heavy atom. The van der Waals surface area contributed by atoms with Crippen LogP contribution in [0, 0.1) is 5.82 Å². The third kappa shape index (κ3) is 4.45. The molecule has 1 heterocycles. The molecule has 0 fully saturated rings. The van der Waals surface area contributed by atoms with Crippen molar-refractivity contribution in [1.29, 1.82) is 0 Å². The number of rotatable bonds is 5. The molecule has 0 aliphatic carbocycles. The van der Waals surface area contributed by atoms with Crippen molar-refractivity contribution < 1.29 is 22.3 Å². The number of aromatic nitrogens is 2. The van der Waals surface area contributed by atoms with E-state index in [2.05, 4.69) is 24.6 Å². The van der Waals surface area contributed by atoms with Gasteiger partial charge in [-0.1, -0.05) is 19.6 Å². The molecule has 2 aromatic rings. The summed E-state index contributed by atoms with van der Waals surface area (Å²) in [6, 6.07) is 2.14. The Bertz CT molecular complexity index is 709. The molecule has 0 bridgehead atoms. The van der Waals surface area contributed by atoms with E-state index in [9.17, 15) is 17.6 Å². The summed E-state index contributed by atoms with van der Waals surface area (Å²) in [6.45, 7) is 6.99. The molecule has 0 unspecified atom stereocenters. The zero-order chi connectivity index (χ0) is 17.4. The molecule has 1 aromatic heterocycles. The monoisotopic (exact) mass is 368 g/mol. The maximum absolute atomic E-state index is 14.1. The predicted octanol–water partition coefficient (Wildman–Crippen LogP) is 5.16. The lowest BCUT2D eigenvalue weighted by Gasteiger charge is -2.16. The molecule has 128 valence electrons. The summed E-state index contributed by atoms with van der Waals surface area (Å²) in [5, 5.41) is -0.105. The normalized spacial score (nSPS) is 13.0. The number of nitrogens with zero attached hydrogens (tertiary/aromatic N) is 2. The molecule has 0 radical (unpaired) electrons. The van der Waals surface area contributed by atoms with Crippen LogP contribution in [0.5, 0.6) is 0 Å². The number of hydrogen-bond donors (Lipinski definition) is 0. The molecule has 0 amide bonds. The lowest BCUT2D eigenvalue weighted by atomic mass is 10.2. The molecule has 0 N–H and O–H groups in total. The van der Waals surface area contributed by atoms with Gasteiger partial charge in [0.1, 0.15) is 18.1 Å². The first-order chi connectivity index (χ1) is 10.5. The smallest absolute Gasteiger partial charge is 0.361 e. The molecule has 0 saturated heterocycles. The predicted molar refractivity (Wildman–Crippen MR) is 83.8 cm³/mol. The lowest BCUT2D eigenvalue weighted by molar-refractivity contribution is -0.137. The van der Waals surface area contributed by atoms with E-state index in [1.807, 2.05) is 0 Å². The number of halogens is 5. The quantitative estimate of drug-likeness (QED) is 0.414. The maximum Gasteiger partial charge on any atom is 0.416 e. The largest absolute Gasteiger partial charge is 0.416 e. The van der Waals surface area contributed by atoms with Crippen LogP contribution in [0.2, 0.25) is 31.0 Å². The van der Waals surface area contributed by atoms with E-state index in [4.69, 9.17) is 16.3 Å². The maximum atomic E-state index is 14.1. The Labute approximate surface area is 137 Å². The van der Waals surface area contributed by atoms with Gasteiger partial charge in [-0.05, 0) is 29.8 Å². The molecule has 0 aliphatic rings. The van der Waals surface area contributed by atoms with Gasteiger partial charge < -0.3 is 4.74 Å². The number of imidazole rings is 1. The Hall–Kier alpha value is -1.12. The van der Waals surface area contributed by atoms with Crippen LogP contribution in [0.4, 0.5) is 17.6 Å². The standard InChI is InChI=1S/C14H17ClF4N2OSi/c1-23(2,3)5-4-22-8-21-12-10(16)6-9(14(17,18)19)7-11(12)20-13(21)15/h6-7H,4-5,8H2,1-3H3. The molecular formula is C14H17ClF4N2OSi. The van der Waals surface area contributed by atoms with Gasteiger partial charge in [-0.15, -0.1) is 0 Å². The fourth-order valence-electron chi connectivity index (χ4n) is 2.00. The van der Waals surface area contributed by atoms with Gasteiger partial charge in [0, 0.05) is 14.7 Å².